The molecule has 1 aliphatic heterocycles. The molecule has 3 rings (SSSR count). The first-order chi connectivity index (χ1) is 12.0. The number of carbonyl (C=O) groups excluding carboxylic acids is 1. The summed E-state index contributed by atoms with van der Waals surface area (Å²) in [6.45, 7) is 4.42. The van der Waals surface area contributed by atoms with Crippen LogP contribution >= 0.6 is 11.8 Å². The lowest BCUT2D eigenvalue weighted by Gasteiger charge is -2.17. The van der Waals surface area contributed by atoms with Crippen molar-refractivity contribution in [3.63, 3.8) is 0 Å². The minimum absolute atomic E-state index is 0.00199. The second-order valence-corrected chi connectivity index (χ2v) is 7.03. The number of carbonyl (C=O) groups is 1. The van der Waals surface area contributed by atoms with E-state index >= 15 is 0 Å². The van der Waals surface area contributed by atoms with Crippen LogP contribution in [0.3, 0.4) is 0 Å². The van der Waals surface area contributed by atoms with Gasteiger partial charge in [-0.3, -0.25) is 4.79 Å². The Bertz CT molecular complexity index is 707. The second-order valence-electron chi connectivity index (χ2n) is 6.09. The average Bonchev–Trinajstić information content (AvgIpc) is 3.20. The zero-order valence-corrected chi connectivity index (χ0v) is 15.0. The summed E-state index contributed by atoms with van der Waals surface area (Å²) in [5.41, 5.74) is 0. The zero-order valence-electron chi connectivity index (χ0n) is 14.2. The number of aliphatic hydroxyl groups excluding tert-OH is 1. The van der Waals surface area contributed by atoms with Crippen molar-refractivity contribution in [1.82, 2.24) is 14.9 Å². The molecule has 2 atom stereocenters. The van der Waals surface area contributed by atoms with E-state index in [2.05, 4.69) is 9.97 Å². The maximum absolute atomic E-state index is 12.5. The third kappa shape index (κ3) is 4.59. The summed E-state index contributed by atoms with van der Waals surface area (Å²) < 4.78 is 11.3. The van der Waals surface area contributed by atoms with Crippen molar-refractivity contribution in [2.24, 2.45) is 0 Å². The lowest BCUT2D eigenvalue weighted by Crippen LogP contribution is -2.30. The molecule has 0 radical (unpaired) electrons. The Labute approximate surface area is 150 Å². The van der Waals surface area contributed by atoms with Crippen molar-refractivity contribution in [1.29, 1.82) is 0 Å². The van der Waals surface area contributed by atoms with Crippen LogP contribution in [-0.4, -0.2) is 57.3 Å². The summed E-state index contributed by atoms with van der Waals surface area (Å²) in [7, 11) is 0. The molecule has 0 saturated carbocycles. The van der Waals surface area contributed by atoms with E-state index < -0.39 is 6.10 Å². The molecule has 1 amide bonds. The number of rotatable bonds is 6. The summed E-state index contributed by atoms with van der Waals surface area (Å²) in [6, 6.07) is 5.19. The first-order valence-electron chi connectivity index (χ1n) is 8.14. The van der Waals surface area contributed by atoms with Crippen LogP contribution < -0.4 is 0 Å². The number of thioether (sulfide) groups is 1. The molecule has 2 aromatic heterocycles. The maximum atomic E-state index is 12.5. The standard InChI is InChI=1S/C17H21N3O4S/c1-11(2)23-15-9-20(8-13(15)21)16(22)14-5-4-12(24-14)10-25-17-18-6-3-7-19-17/h3-7,11,13,15,21H,8-10H2,1-2H3/t13-,15-/m0/s1. The number of amides is 1. The van der Waals surface area contributed by atoms with Crippen LogP contribution in [0.15, 0.2) is 40.2 Å². The molecule has 8 heteroatoms. The Kier molecular flexibility index (Phi) is 5.72. The lowest BCUT2D eigenvalue weighted by atomic mass is 10.2. The number of likely N-dealkylation sites (tertiary alicyclic amines) is 1. The molecule has 2 aromatic rings. The minimum atomic E-state index is -0.674. The van der Waals surface area contributed by atoms with E-state index in [0.717, 1.165) is 0 Å². The van der Waals surface area contributed by atoms with Crippen molar-refractivity contribution in [3.05, 3.63) is 42.1 Å². The third-order valence-electron chi connectivity index (χ3n) is 3.73. The van der Waals surface area contributed by atoms with Crippen molar-refractivity contribution >= 4 is 17.7 Å². The number of hydrogen-bond donors (Lipinski definition) is 1. The molecule has 3 heterocycles. The SMILES string of the molecule is CC(C)O[C@H]1CN(C(=O)c2ccc(CSc3ncccn3)o2)C[C@@H]1O. The van der Waals surface area contributed by atoms with Gasteiger partial charge in [-0.25, -0.2) is 9.97 Å². The molecule has 0 unspecified atom stereocenters. The maximum Gasteiger partial charge on any atom is 0.289 e. The van der Waals surface area contributed by atoms with E-state index in [4.69, 9.17) is 9.15 Å². The number of ether oxygens (including phenoxy) is 1. The van der Waals surface area contributed by atoms with Gasteiger partial charge in [-0.2, -0.15) is 0 Å². The highest BCUT2D eigenvalue weighted by Crippen LogP contribution is 2.23. The summed E-state index contributed by atoms with van der Waals surface area (Å²) in [6.07, 6.45) is 2.33. The Morgan fingerprint density at radius 2 is 2.16 bits per heavy atom. The summed E-state index contributed by atoms with van der Waals surface area (Å²) in [5.74, 6) is 1.25. The highest BCUT2D eigenvalue weighted by Gasteiger charge is 2.36. The van der Waals surface area contributed by atoms with Gasteiger partial charge in [0.15, 0.2) is 10.9 Å². The van der Waals surface area contributed by atoms with Gasteiger partial charge in [0.25, 0.3) is 5.91 Å². The number of nitrogens with zero attached hydrogens (tertiary/aromatic N) is 3. The number of β-amino-alcohol motifs (C(OH)–C–C–N with tert-alkyl or cyclic N) is 1. The van der Waals surface area contributed by atoms with Crippen molar-refractivity contribution in [2.75, 3.05) is 13.1 Å². The Morgan fingerprint density at radius 1 is 1.40 bits per heavy atom. The van der Waals surface area contributed by atoms with Crippen molar-refractivity contribution in [3.8, 4) is 0 Å². The first kappa shape index (κ1) is 17.9. The van der Waals surface area contributed by atoms with Crippen LogP contribution in [-0.2, 0) is 10.5 Å². The quantitative estimate of drug-likeness (QED) is 0.620. The molecule has 0 aliphatic carbocycles. The van der Waals surface area contributed by atoms with Gasteiger partial charge < -0.3 is 19.2 Å². The molecule has 25 heavy (non-hydrogen) atoms. The van der Waals surface area contributed by atoms with Crippen LogP contribution in [0.5, 0.6) is 0 Å². The van der Waals surface area contributed by atoms with Gasteiger partial charge >= 0.3 is 0 Å². The Morgan fingerprint density at radius 3 is 2.88 bits per heavy atom. The fraction of sp³-hybridized carbons (Fsp3) is 0.471. The molecular formula is C17H21N3O4S. The molecule has 0 bridgehead atoms. The summed E-state index contributed by atoms with van der Waals surface area (Å²) in [5, 5.41) is 10.7. The zero-order chi connectivity index (χ0) is 17.8. The predicted octanol–water partition coefficient (Wildman–Crippen LogP) is 1.97. The lowest BCUT2D eigenvalue weighted by molar-refractivity contribution is -0.0394. The summed E-state index contributed by atoms with van der Waals surface area (Å²) in [4.78, 5) is 22.4. The highest BCUT2D eigenvalue weighted by atomic mass is 32.2. The van der Waals surface area contributed by atoms with Crippen molar-refractivity contribution < 1.29 is 19.1 Å². The highest BCUT2D eigenvalue weighted by molar-refractivity contribution is 7.98. The van der Waals surface area contributed by atoms with E-state index in [1.807, 2.05) is 13.8 Å². The van der Waals surface area contributed by atoms with Crippen LogP contribution in [0, 0.1) is 0 Å². The van der Waals surface area contributed by atoms with Crippen LogP contribution in [0.25, 0.3) is 0 Å². The van der Waals surface area contributed by atoms with Gasteiger partial charge in [0.1, 0.15) is 11.9 Å². The molecule has 0 spiro atoms. The topological polar surface area (TPSA) is 88.7 Å². The minimum Gasteiger partial charge on any atom is -0.455 e. The van der Waals surface area contributed by atoms with Gasteiger partial charge in [-0.15, -0.1) is 0 Å². The Balaban J connectivity index is 1.57. The van der Waals surface area contributed by atoms with Gasteiger partial charge in [0.05, 0.1) is 24.5 Å². The van der Waals surface area contributed by atoms with Gasteiger partial charge in [0.2, 0.25) is 0 Å². The van der Waals surface area contributed by atoms with Crippen LogP contribution in [0.4, 0.5) is 0 Å². The van der Waals surface area contributed by atoms with E-state index in [-0.39, 0.29) is 30.4 Å². The molecule has 0 aromatic carbocycles. The van der Waals surface area contributed by atoms with Gasteiger partial charge in [0, 0.05) is 18.9 Å². The average molecular weight is 363 g/mol. The summed E-state index contributed by atoms with van der Waals surface area (Å²) >= 11 is 1.44. The largest absolute Gasteiger partial charge is 0.455 e. The van der Waals surface area contributed by atoms with E-state index in [0.29, 0.717) is 23.2 Å². The fourth-order valence-corrected chi connectivity index (χ4v) is 3.33. The number of hydrogen-bond acceptors (Lipinski definition) is 7. The van der Waals surface area contributed by atoms with Crippen molar-refractivity contribution in [2.45, 2.75) is 43.1 Å². The molecule has 1 fully saturated rings. The number of aliphatic hydroxyl groups is 1. The van der Waals surface area contributed by atoms with Crippen LogP contribution in [0.2, 0.25) is 0 Å². The molecule has 1 saturated heterocycles. The van der Waals surface area contributed by atoms with E-state index in [1.54, 1.807) is 35.5 Å². The predicted molar refractivity (Wildman–Crippen MR) is 92.2 cm³/mol. The number of furan rings is 1. The molecule has 1 aliphatic rings. The normalized spacial score (nSPS) is 20.4. The first-order valence-corrected chi connectivity index (χ1v) is 9.13. The molecular weight excluding hydrogens is 342 g/mol. The van der Waals surface area contributed by atoms with E-state index in [9.17, 15) is 9.90 Å². The molecule has 1 N–H and O–H groups in total. The number of aromatic nitrogens is 2. The molecule has 7 nitrogen and oxygen atoms in total. The molecule has 134 valence electrons. The third-order valence-corrected chi connectivity index (χ3v) is 4.63. The Hall–Kier alpha value is -1.90. The van der Waals surface area contributed by atoms with Gasteiger partial charge in [-0.05, 0) is 32.0 Å². The smallest absolute Gasteiger partial charge is 0.289 e. The monoisotopic (exact) mass is 363 g/mol. The van der Waals surface area contributed by atoms with Crippen LogP contribution in [0.1, 0.15) is 30.2 Å². The van der Waals surface area contributed by atoms with E-state index in [1.165, 1.54) is 11.8 Å². The second kappa shape index (κ2) is 7.99. The van der Waals surface area contributed by atoms with Gasteiger partial charge in [-0.1, -0.05) is 11.8 Å². The fourth-order valence-electron chi connectivity index (χ4n) is 2.63.